The molecule has 0 unspecified atom stereocenters. The van der Waals surface area contributed by atoms with Gasteiger partial charge in [0.25, 0.3) is 5.91 Å². The summed E-state index contributed by atoms with van der Waals surface area (Å²) in [5, 5.41) is 21.1. The van der Waals surface area contributed by atoms with Crippen LogP contribution in [0.1, 0.15) is 43.5 Å². The first kappa shape index (κ1) is 27.7. The summed E-state index contributed by atoms with van der Waals surface area (Å²) in [7, 11) is 0.991. The fraction of sp³-hybridized carbons (Fsp3) is 0.478. The van der Waals surface area contributed by atoms with Crippen LogP contribution in [-0.4, -0.2) is 52.7 Å². The third-order valence-electron chi connectivity index (χ3n) is 6.45. The highest BCUT2D eigenvalue weighted by molar-refractivity contribution is 5.95. The molecule has 1 amide bonds. The molecule has 3 N–H and O–H groups in total. The zero-order valence-electron chi connectivity index (χ0n) is 19.4. The number of aliphatic hydroxyl groups is 2. The average Bonchev–Trinajstić information content (AvgIpc) is 3.09. The molecule has 13 heteroatoms. The van der Waals surface area contributed by atoms with E-state index in [0.29, 0.717) is 12.3 Å². The molecule has 36 heavy (non-hydrogen) atoms. The van der Waals surface area contributed by atoms with Crippen LogP contribution in [0.2, 0.25) is 0 Å². The van der Waals surface area contributed by atoms with Gasteiger partial charge in [-0.2, -0.15) is 17.6 Å². The Labute approximate surface area is 202 Å². The van der Waals surface area contributed by atoms with E-state index >= 15 is 0 Å². The van der Waals surface area contributed by atoms with Gasteiger partial charge in [0.05, 0.1) is 30.8 Å². The average molecular weight is 522 g/mol. The van der Waals surface area contributed by atoms with Crippen molar-refractivity contribution in [2.24, 2.45) is 5.92 Å². The zero-order chi connectivity index (χ0) is 27.0. The minimum absolute atomic E-state index is 0.111. The van der Waals surface area contributed by atoms with E-state index in [9.17, 15) is 36.2 Å². The van der Waals surface area contributed by atoms with Crippen LogP contribution in [0.15, 0.2) is 24.4 Å². The minimum atomic E-state index is -4.96. The first-order valence-corrected chi connectivity index (χ1v) is 10.8. The second-order valence-corrected chi connectivity index (χ2v) is 8.55. The zero-order valence-corrected chi connectivity index (χ0v) is 19.4. The number of carbonyl (C=O) groups is 1. The van der Waals surface area contributed by atoms with E-state index in [4.69, 9.17) is 14.6 Å². The van der Waals surface area contributed by atoms with Crippen LogP contribution in [0.25, 0.3) is 0 Å². The second kappa shape index (κ2) is 10.2. The van der Waals surface area contributed by atoms with Crippen molar-refractivity contribution >= 4 is 11.6 Å². The summed E-state index contributed by atoms with van der Waals surface area (Å²) in [6.07, 6.45) is -7.66. The van der Waals surface area contributed by atoms with E-state index in [0.717, 1.165) is 33.1 Å². The lowest BCUT2D eigenvalue weighted by Crippen LogP contribution is -2.47. The van der Waals surface area contributed by atoms with Gasteiger partial charge in [0.2, 0.25) is 5.82 Å². The number of nitrogens with one attached hydrogen (secondary N) is 1. The second-order valence-electron chi connectivity index (χ2n) is 8.55. The Kier molecular flexibility index (Phi) is 7.86. The maximum absolute atomic E-state index is 14.4. The SMILES string of the molecule is COc1c([C@H]2[C@H](C(=O)Nc3cc([C@@H](O)CCO)ncc3F)O[C@@](C)(C(F)(F)F)[C@H]2C)ccc(F)c1F. The van der Waals surface area contributed by atoms with Crippen molar-refractivity contribution in [1.82, 2.24) is 4.98 Å². The molecule has 1 fully saturated rings. The van der Waals surface area contributed by atoms with Crippen LogP contribution < -0.4 is 10.1 Å². The minimum Gasteiger partial charge on any atom is -0.493 e. The first-order chi connectivity index (χ1) is 16.8. The number of halogens is 6. The van der Waals surface area contributed by atoms with Crippen molar-refractivity contribution in [3.8, 4) is 5.75 Å². The quantitative estimate of drug-likeness (QED) is 0.476. The Hall–Kier alpha value is -2.90. The van der Waals surface area contributed by atoms with E-state index in [2.05, 4.69) is 10.3 Å². The maximum atomic E-state index is 14.4. The van der Waals surface area contributed by atoms with E-state index < -0.39 is 77.2 Å². The third kappa shape index (κ3) is 4.87. The van der Waals surface area contributed by atoms with Gasteiger partial charge in [-0.05, 0) is 19.1 Å². The standard InChI is InChI=1S/C23H24F6N2O5/c1-10-17(11-4-5-12(24)18(26)19(11)35-3)20(36-22(10,2)23(27,28)29)21(34)31-14-8-15(16(33)6-7-32)30-9-13(14)25/h4-5,8-10,16-17,20,32-33H,6-7H2,1-3H3,(H,30,31,34)/t10-,16-,17-,20+,22+/m0/s1. The van der Waals surface area contributed by atoms with Crippen molar-refractivity contribution in [2.75, 3.05) is 19.0 Å². The fourth-order valence-electron chi connectivity index (χ4n) is 4.25. The predicted octanol–water partition coefficient (Wildman–Crippen LogP) is 4.00. The normalized spacial score (nSPS) is 25.0. The van der Waals surface area contributed by atoms with E-state index in [1.807, 2.05) is 0 Å². The molecule has 1 aliphatic heterocycles. The highest BCUT2D eigenvalue weighted by Crippen LogP contribution is 2.55. The van der Waals surface area contributed by atoms with E-state index in [-0.39, 0.29) is 17.7 Å². The molecular formula is C23H24F6N2O5. The Morgan fingerprint density at radius 2 is 1.94 bits per heavy atom. The van der Waals surface area contributed by atoms with Crippen molar-refractivity contribution < 1.29 is 50.8 Å². The van der Waals surface area contributed by atoms with E-state index in [1.165, 1.54) is 0 Å². The monoisotopic (exact) mass is 522 g/mol. The number of methoxy groups -OCH3 is 1. The summed E-state index contributed by atoms with van der Waals surface area (Å²) >= 11 is 0. The van der Waals surface area contributed by atoms with Crippen molar-refractivity contribution in [3.63, 3.8) is 0 Å². The molecule has 2 heterocycles. The van der Waals surface area contributed by atoms with Crippen molar-refractivity contribution in [1.29, 1.82) is 0 Å². The number of nitrogens with zero attached hydrogens (tertiary/aromatic N) is 1. The number of anilines is 1. The molecular weight excluding hydrogens is 498 g/mol. The molecule has 0 bridgehead atoms. The molecule has 1 aromatic carbocycles. The lowest BCUT2D eigenvalue weighted by Gasteiger charge is -2.32. The molecule has 198 valence electrons. The molecule has 7 nitrogen and oxygen atoms in total. The maximum Gasteiger partial charge on any atom is 0.417 e. The molecule has 0 spiro atoms. The van der Waals surface area contributed by atoms with Crippen molar-refractivity contribution in [3.05, 3.63) is 53.1 Å². The number of aliphatic hydroxyl groups excluding tert-OH is 2. The third-order valence-corrected chi connectivity index (χ3v) is 6.45. The number of amides is 1. The number of hydrogen-bond donors (Lipinski definition) is 3. The molecule has 5 atom stereocenters. The number of hydrogen-bond acceptors (Lipinski definition) is 6. The predicted molar refractivity (Wildman–Crippen MR) is 114 cm³/mol. The van der Waals surface area contributed by atoms with Gasteiger partial charge in [0.1, 0.15) is 6.10 Å². The summed E-state index contributed by atoms with van der Waals surface area (Å²) in [4.78, 5) is 16.8. The Balaban J connectivity index is 2.06. The molecule has 3 rings (SSSR count). The Morgan fingerprint density at radius 3 is 2.53 bits per heavy atom. The number of rotatable bonds is 7. The highest BCUT2D eigenvalue weighted by atomic mass is 19.4. The number of carbonyl (C=O) groups excluding carboxylic acids is 1. The first-order valence-electron chi connectivity index (χ1n) is 10.8. The molecule has 1 aromatic heterocycles. The van der Waals surface area contributed by atoms with Gasteiger partial charge in [-0.3, -0.25) is 9.78 Å². The van der Waals surface area contributed by atoms with Crippen LogP contribution in [0.4, 0.5) is 32.0 Å². The largest absolute Gasteiger partial charge is 0.493 e. The molecule has 0 radical (unpaired) electrons. The number of pyridine rings is 1. The van der Waals surface area contributed by atoms with E-state index in [1.54, 1.807) is 0 Å². The number of ether oxygens (including phenoxy) is 2. The summed E-state index contributed by atoms with van der Waals surface area (Å²) in [6.45, 7) is 1.45. The van der Waals surface area contributed by atoms with Crippen molar-refractivity contribution in [2.45, 2.75) is 50.2 Å². The Bertz CT molecular complexity index is 1130. The summed E-state index contributed by atoms with van der Waals surface area (Å²) < 4.78 is 94.8. The summed E-state index contributed by atoms with van der Waals surface area (Å²) in [6, 6.07) is 2.65. The van der Waals surface area contributed by atoms with Gasteiger partial charge in [0.15, 0.2) is 23.0 Å². The van der Waals surface area contributed by atoms with Gasteiger partial charge in [-0.25, -0.2) is 8.78 Å². The smallest absolute Gasteiger partial charge is 0.417 e. The van der Waals surface area contributed by atoms with Crippen LogP contribution in [0.5, 0.6) is 5.75 Å². The highest BCUT2D eigenvalue weighted by Gasteiger charge is 2.66. The van der Waals surface area contributed by atoms with Gasteiger partial charge in [-0.15, -0.1) is 0 Å². The van der Waals surface area contributed by atoms with Crippen LogP contribution in [0.3, 0.4) is 0 Å². The van der Waals surface area contributed by atoms with Gasteiger partial charge in [-0.1, -0.05) is 13.0 Å². The topological polar surface area (TPSA) is 101 Å². The van der Waals surface area contributed by atoms with Gasteiger partial charge < -0.3 is 25.0 Å². The van der Waals surface area contributed by atoms with Gasteiger partial charge in [0, 0.05) is 30.4 Å². The number of aromatic nitrogens is 1. The Morgan fingerprint density at radius 1 is 1.28 bits per heavy atom. The van der Waals surface area contributed by atoms with Crippen LogP contribution >= 0.6 is 0 Å². The number of alkyl halides is 3. The summed E-state index contributed by atoms with van der Waals surface area (Å²) in [5.41, 5.74) is -3.75. The van der Waals surface area contributed by atoms with Gasteiger partial charge >= 0.3 is 6.18 Å². The molecule has 1 aliphatic rings. The molecule has 1 saturated heterocycles. The fourth-order valence-corrected chi connectivity index (χ4v) is 4.25. The molecule has 0 saturated carbocycles. The van der Waals surface area contributed by atoms with Crippen LogP contribution in [0, 0.1) is 23.4 Å². The van der Waals surface area contributed by atoms with Crippen LogP contribution in [-0.2, 0) is 9.53 Å². The molecule has 2 aromatic rings. The lowest BCUT2D eigenvalue weighted by molar-refractivity contribution is -0.272. The molecule has 0 aliphatic carbocycles. The lowest BCUT2D eigenvalue weighted by atomic mass is 9.77. The summed E-state index contributed by atoms with van der Waals surface area (Å²) in [5.74, 6) is -8.69. The number of benzene rings is 1.